The maximum absolute atomic E-state index is 13.4. The summed E-state index contributed by atoms with van der Waals surface area (Å²) in [4.78, 5) is 10.7. The van der Waals surface area contributed by atoms with Gasteiger partial charge < -0.3 is 14.6 Å². The number of carbonyl (C=O) groups is 1. The summed E-state index contributed by atoms with van der Waals surface area (Å²) in [5.41, 5.74) is 0.285. The van der Waals surface area contributed by atoms with Crippen LogP contribution in [0, 0.1) is 5.82 Å². The molecule has 0 aliphatic carbocycles. The molecule has 1 rings (SSSR count). The third-order valence-electron chi connectivity index (χ3n) is 2.23. The van der Waals surface area contributed by atoms with E-state index >= 15 is 0 Å². The highest BCUT2D eigenvalue weighted by Gasteiger charge is 2.08. The minimum absolute atomic E-state index is 0.0361. The van der Waals surface area contributed by atoms with Gasteiger partial charge in [-0.1, -0.05) is 0 Å². The van der Waals surface area contributed by atoms with Crippen molar-refractivity contribution < 1.29 is 23.8 Å². The van der Waals surface area contributed by atoms with Gasteiger partial charge in [-0.25, -0.2) is 9.18 Å². The summed E-state index contributed by atoms with van der Waals surface area (Å²) in [5.74, 6) is -1.55. The molecule has 0 spiro atoms. The van der Waals surface area contributed by atoms with Gasteiger partial charge in [0.15, 0.2) is 0 Å². The zero-order valence-electron chi connectivity index (χ0n) is 10.5. The first-order chi connectivity index (χ1) is 8.50. The van der Waals surface area contributed by atoms with Gasteiger partial charge in [0.25, 0.3) is 0 Å². The molecule has 1 aromatic carbocycles. The summed E-state index contributed by atoms with van der Waals surface area (Å²) in [7, 11) is 0. The van der Waals surface area contributed by atoms with Crippen LogP contribution in [0.3, 0.4) is 0 Å². The molecule has 1 aromatic rings. The molecule has 4 nitrogen and oxygen atoms in total. The second-order valence-corrected chi connectivity index (χ2v) is 4.08. The number of rotatable bonds is 7. The van der Waals surface area contributed by atoms with Gasteiger partial charge in [0.1, 0.15) is 5.82 Å². The average molecular weight is 256 g/mol. The van der Waals surface area contributed by atoms with Crippen LogP contribution in [0.5, 0.6) is 0 Å². The number of carboxylic acids is 1. The standard InChI is InChI=1S/C13H17FO4/c1-9(2)18-6-5-17-8-11-7-10(13(15)16)3-4-12(11)14/h3-4,7,9H,5-6,8H2,1-2H3,(H,15,16). The number of aromatic carboxylic acids is 1. The average Bonchev–Trinajstić information content (AvgIpc) is 2.30. The number of hydrogen-bond acceptors (Lipinski definition) is 3. The monoisotopic (exact) mass is 256 g/mol. The maximum atomic E-state index is 13.4. The van der Waals surface area contributed by atoms with Crippen molar-refractivity contribution in [2.45, 2.75) is 26.6 Å². The maximum Gasteiger partial charge on any atom is 0.335 e. The molecule has 0 amide bonds. The molecule has 100 valence electrons. The third-order valence-corrected chi connectivity index (χ3v) is 2.23. The first kappa shape index (κ1) is 14.6. The Labute approximate surface area is 105 Å². The molecule has 0 aliphatic rings. The molecular weight excluding hydrogens is 239 g/mol. The van der Waals surface area contributed by atoms with Crippen molar-refractivity contribution >= 4 is 5.97 Å². The lowest BCUT2D eigenvalue weighted by molar-refractivity contribution is 0.0136. The first-order valence-electron chi connectivity index (χ1n) is 5.71. The van der Waals surface area contributed by atoms with Crippen LogP contribution in [0.2, 0.25) is 0 Å². The summed E-state index contributed by atoms with van der Waals surface area (Å²) >= 11 is 0. The van der Waals surface area contributed by atoms with E-state index in [1.807, 2.05) is 13.8 Å². The molecule has 5 heteroatoms. The van der Waals surface area contributed by atoms with E-state index in [9.17, 15) is 9.18 Å². The lowest BCUT2D eigenvalue weighted by Gasteiger charge is -2.09. The van der Waals surface area contributed by atoms with E-state index < -0.39 is 11.8 Å². The number of benzene rings is 1. The van der Waals surface area contributed by atoms with E-state index in [4.69, 9.17) is 14.6 Å². The number of halogens is 1. The molecule has 1 N–H and O–H groups in total. The van der Waals surface area contributed by atoms with Gasteiger partial charge in [-0.15, -0.1) is 0 Å². The quantitative estimate of drug-likeness (QED) is 0.761. The molecule has 0 radical (unpaired) electrons. The summed E-state index contributed by atoms with van der Waals surface area (Å²) in [5, 5.41) is 8.79. The zero-order chi connectivity index (χ0) is 13.5. The Balaban J connectivity index is 2.46. The van der Waals surface area contributed by atoms with Crippen molar-refractivity contribution in [2.75, 3.05) is 13.2 Å². The van der Waals surface area contributed by atoms with E-state index in [1.165, 1.54) is 12.1 Å². The van der Waals surface area contributed by atoms with Gasteiger partial charge in [-0.2, -0.15) is 0 Å². The molecule has 0 saturated heterocycles. The molecule has 0 saturated carbocycles. The Hall–Kier alpha value is -1.46. The first-order valence-corrected chi connectivity index (χ1v) is 5.71. The predicted octanol–water partition coefficient (Wildman–Crippen LogP) is 2.47. The lowest BCUT2D eigenvalue weighted by Crippen LogP contribution is -2.10. The van der Waals surface area contributed by atoms with Crippen molar-refractivity contribution in [3.63, 3.8) is 0 Å². The third kappa shape index (κ3) is 4.81. The molecule has 0 fully saturated rings. The number of hydrogen-bond donors (Lipinski definition) is 1. The van der Waals surface area contributed by atoms with Crippen molar-refractivity contribution in [3.8, 4) is 0 Å². The Bertz CT molecular complexity index is 404. The predicted molar refractivity (Wildman–Crippen MR) is 64.1 cm³/mol. The van der Waals surface area contributed by atoms with Crippen LogP contribution in [-0.4, -0.2) is 30.4 Å². The van der Waals surface area contributed by atoms with Gasteiger partial charge in [0.05, 0.1) is 31.5 Å². The number of ether oxygens (including phenoxy) is 2. The van der Waals surface area contributed by atoms with Crippen molar-refractivity contribution in [1.29, 1.82) is 0 Å². The highest BCUT2D eigenvalue weighted by atomic mass is 19.1. The fraction of sp³-hybridized carbons (Fsp3) is 0.462. The van der Waals surface area contributed by atoms with E-state index in [2.05, 4.69) is 0 Å². The Morgan fingerprint density at radius 2 is 2.11 bits per heavy atom. The van der Waals surface area contributed by atoms with E-state index in [-0.39, 0.29) is 23.8 Å². The Morgan fingerprint density at radius 1 is 1.39 bits per heavy atom. The van der Waals surface area contributed by atoms with E-state index in [0.29, 0.717) is 13.2 Å². The molecule has 18 heavy (non-hydrogen) atoms. The van der Waals surface area contributed by atoms with Crippen LogP contribution in [0.25, 0.3) is 0 Å². The molecule has 0 aliphatic heterocycles. The SMILES string of the molecule is CC(C)OCCOCc1cc(C(=O)O)ccc1F. The van der Waals surface area contributed by atoms with Gasteiger partial charge in [0.2, 0.25) is 0 Å². The Morgan fingerprint density at radius 3 is 2.72 bits per heavy atom. The van der Waals surface area contributed by atoms with Crippen LogP contribution in [0.1, 0.15) is 29.8 Å². The highest BCUT2D eigenvalue weighted by Crippen LogP contribution is 2.12. The zero-order valence-corrected chi connectivity index (χ0v) is 10.5. The van der Waals surface area contributed by atoms with E-state index in [1.54, 1.807) is 0 Å². The fourth-order valence-corrected chi connectivity index (χ4v) is 1.34. The van der Waals surface area contributed by atoms with Crippen LogP contribution in [0.15, 0.2) is 18.2 Å². The molecule has 0 heterocycles. The minimum Gasteiger partial charge on any atom is -0.478 e. The van der Waals surface area contributed by atoms with Crippen LogP contribution in [0.4, 0.5) is 4.39 Å². The van der Waals surface area contributed by atoms with Gasteiger partial charge in [0, 0.05) is 5.56 Å². The highest BCUT2D eigenvalue weighted by molar-refractivity contribution is 5.87. The second kappa shape index (κ2) is 7.08. The molecule has 0 bridgehead atoms. The van der Waals surface area contributed by atoms with Crippen molar-refractivity contribution in [1.82, 2.24) is 0 Å². The summed E-state index contributed by atoms with van der Waals surface area (Å²) in [6.07, 6.45) is 0.126. The lowest BCUT2D eigenvalue weighted by atomic mass is 10.1. The largest absolute Gasteiger partial charge is 0.478 e. The number of carboxylic acid groups (broad SMARTS) is 1. The van der Waals surface area contributed by atoms with Gasteiger partial charge in [-0.05, 0) is 32.0 Å². The molecular formula is C13H17FO4. The smallest absolute Gasteiger partial charge is 0.335 e. The van der Waals surface area contributed by atoms with Crippen molar-refractivity contribution in [3.05, 3.63) is 35.1 Å². The van der Waals surface area contributed by atoms with Gasteiger partial charge in [-0.3, -0.25) is 0 Å². The second-order valence-electron chi connectivity index (χ2n) is 4.08. The van der Waals surface area contributed by atoms with Crippen LogP contribution in [-0.2, 0) is 16.1 Å². The molecule has 0 atom stereocenters. The molecule has 0 unspecified atom stereocenters. The van der Waals surface area contributed by atoms with Crippen molar-refractivity contribution in [2.24, 2.45) is 0 Å². The fourth-order valence-electron chi connectivity index (χ4n) is 1.34. The summed E-state index contributed by atoms with van der Waals surface area (Å²) < 4.78 is 23.9. The van der Waals surface area contributed by atoms with Crippen LogP contribution >= 0.6 is 0 Å². The minimum atomic E-state index is -1.08. The summed E-state index contributed by atoms with van der Waals surface area (Å²) in [6.45, 7) is 4.63. The van der Waals surface area contributed by atoms with Gasteiger partial charge >= 0.3 is 5.97 Å². The Kier molecular flexibility index (Phi) is 5.74. The van der Waals surface area contributed by atoms with E-state index in [0.717, 1.165) is 6.07 Å². The topological polar surface area (TPSA) is 55.8 Å². The van der Waals surface area contributed by atoms with Crippen LogP contribution < -0.4 is 0 Å². The summed E-state index contributed by atoms with van der Waals surface area (Å²) in [6, 6.07) is 3.64. The molecule has 0 aromatic heterocycles. The normalized spacial score (nSPS) is 10.9.